The van der Waals surface area contributed by atoms with Gasteiger partial charge in [0.15, 0.2) is 5.76 Å². The fourth-order valence-corrected chi connectivity index (χ4v) is 1.58. The molecule has 0 unspecified atom stereocenters. The van der Waals surface area contributed by atoms with E-state index in [0.29, 0.717) is 5.75 Å². The van der Waals surface area contributed by atoms with Gasteiger partial charge in [0, 0.05) is 7.05 Å². The van der Waals surface area contributed by atoms with Crippen LogP contribution in [-0.2, 0) is 4.79 Å². The summed E-state index contributed by atoms with van der Waals surface area (Å²) in [6.07, 6.45) is 1.71. The lowest BCUT2D eigenvalue weighted by molar-refractivity contribution is -0.118. The third kappa shape index (κ3) is 3.71. The number of hydrogen-bond acceptors (Lipinski definition) is 2. The zero-order valence-corrected chi connectivity index (χ0v) is 10.7. The van der Waals surface area contributed by atoms with Gasteiger partial charge in [-0.05, 0) is 23.8 Å². The van der Waals surface area contributed by atoms with E-state index in [1.165, 1.54) is 0 Å². The average Bonchev–Trinajstić information content (AvgIpc) is 2.48. The molecule has 1 N–H and O–H groups in total. The predicted molar refractivity (Wildman–Crippen MR) is 75.6 cm³/mol. The monoisotopic (exact) mass is 253 g/mol. The molecule has 19 heavy (non-hydrogen) atoms. The molecule has 3 nitrogen and oxygen atoms in total. The zero-order valence-electron chi connectivity index (χ0n) is 10.7. The van der Waals surface area contributed by atoms with Gasteiger partial charge in [0.05, 0.1) is 0 Å². The standard InChI is InChI=1S/C16H15NO2/c1-17-16(18)15(12-13-8-4-2-5-9-13)19-14-10-6-3-7-11-14/h2-12H,1H3,(H,17,18)/b15-12+. The van der Waals surface area contributed by atoms with Crippen molar-refractivity contribution in [2.24, 2.45) is 0 Å². The topological polar surface area (TPSA) is 38.3 Å². The van der Waals surface area contributed by atoms with Crippen LogP contribution in [0.3, 0.4) is 0 Å². The van der Waals surface area contributed by atoms with E-state index < -0.39 is 0 Å². The van der Waals surface area contributed by atoms with Crippen LogP contribution in [0.25, 0.3) is 6.08 Å². The summed E-state index contributed by atoms with van der Waals surface area (Å²) < 4.78 is 5.62. The molecule has 96 valence electrons. The highest BCUT2D eigenvalue weighted by atomic mass is 16.5. The Hall–Kier alpha value is -2.55. The Morgan fingerprint density at radius 3 is 2.16 bits per heavy atom. The van der Waals surface area contributed by atoms with Crippen LogP contribution in [0.15, 0.2) is 66.4 Å². The molecule has 0 aliphatic heterocycles. The normalized spacial score (nSPS) is 10.9. The molecule has 0 radical (unpaired) electrons. The number of hydrogen-bond donors (Lipinski definition) is 1. The van der Waals surface area contributed by atoms with Gasteiger partial charge >= 0.3 is 0 Å². The third-order valence-corrected chi connectivity index (χ3v) is 2.52. The van der Waals surface area contributed by atoms with Crippen molar-refractivity contribution in [3.63, 3.8) is 0 Å². The van der Waals surface area contributed by atoms with Gasteiger partial charge in [-0.2, -0.15) is 0 Å². The van der Waals surface area contributed by atoms with Gasteiger partial charge in [-0.15, -0.1) is 0 Å². The molecular weight excluding hydrogens is 238 g/mol. The first-order valence-corrected chi connectivity index (χ1v) is 6.01. The zero-order chi connectivity index (χ0) is 13.5. The Balaban J connectivity index is 2.27. The molecular formula is C16H15NO2. The molecule has 0 spiro atoms. The maximum atomic E-state index is 11.8. The highest BCUT2D eigenvalue weighted by Crippen LogP contribution is 2.15. The van der Waals surface area contributed by atoms with E-state index in [1.807, 2.05) is 60.7 Å². The first kappa shape index (κ1) is 12.9. The number of nitrogens with one attached hydrogen (secondary N) is 1. The molecule has 2 aromatic carbocycles. The van der Waals surface area contributed by atoms with Gasteiger partial charge < -0.3 is 10.1 Å². The lowest BCUT2D eigenvalue weighted by atomic mass is 10.2. The minimum atomic E-state index is -0.257. The predicted octanol–water partition coefficient (Wildman–Crippen LogP) is 2.85. The van der Waals surface area contributed by atoms with Crippen LogP contribution in [-0.4, -0.2) is 13.0 Å². The van der Waals surface area contributed by atoms with Gasteiger partial charge in [0.1, 0.15) is 5.75 Å². The lowest BCUT2D eigenvalue weighted by Gasteiger charge is -2.08. The highest BCUT2D eigenvalue weighted by molar-refractivity contribution is 5.96. The molecule has 2 rings (SSSR count). The van der Waals surface area contributed by atoms with Gasteiger partial charge in [-0.25, -0.2) is 0 Å². The van der Waals surface area contributed by atoms with Crippen LogP contribution in [0.1, 0.15) is 5.56 Å². The molecule has 0 aliphatic rings. The molecule has 0 aromatic heterocycles. The van der Waals surface area contributed by atoms with E-state index in [0.717, 1.165) is 5.56 Å². The fourth-order valence-electron chi connectivity index (χ4n) is 1.58. The molecule has 2 aromatic rings. The van der Waals surface area contributed by atoms with Crippen molar-refractivity contribution in [3.8, 4) is 5.75 Å². The second-order valence-electron chi connectivity index (χ2n) is 3.91. The number of ether oxygens (including phenoxy) is 1. The summed E-state index contributed by atoms with van der Waals surface area (Å²) in [4.78, 5) is 11.8. The quantitative estimate of drug-likeness (QED) is 0.672. The summed E-state index contributed by atoms with van der Waals surface area (Å²) in [6, 6.07) is 18.8. The first-order chi connectivity index (χ1) is 9.29. The smallest absolute Gasteiger partial charge is 0.286 e. The highest BCUT2D eigenvalue weighted by Gasteiger charge is 2.10. The molecule has 0 atom stereocenters. The van der Waals surface area contributed by atoms with Crippen LogP contribution in [0.2, 0.25) is 0 Å². The minimum Gasteiger partial charge on any atom is -0.452 e. The summed E-state index contributed by atoms with van der Waals surface area (Å²) in [6.45, 7) is 0. The number of likely N-dealkylation sites (N-methyl/N-ethyl adjacent to an activating group) is 1. The van der Waals surface area contributed by atoms with E-state index in [4.69, 9.17) is 4.74 Å². The second-order valence-corrected chi connectivity index (χ2v) is 3.91. The number of amides is 1. The van der Waals surface area contributed by atoms with E-state index >= 15 is 0 Å². The van der Waals surface area contributed by atoms with Crippen LogP contribution in [0.4, 0.5) is 0 Å². The summed E-state index contributed by atoms with van der Waals surface area (Å²) in [5.74, 6) is 0.640. The number of carbonyl (C=O) groups excluding carboxylic acids is 1. The number of benzene rings is 2. The van der Waals surface area contributed by atoms with E-state index in [1.54, 1.807) is 13.1 Å². The summed E-state index contributed by atoms with van der Waals surface area (Å²) in [7, 11) is 1.58. The van der Waals surface area contributed by atoms with Crippen molar-refractivity contribution < 1.29 is 9.53 Å². The van der Waals surface area contributed by atoms with Crippen molar-refractivity contribution in [3.05, 3.63) is 72.0 Å². The molecule has 0 aliphatic carbocycles. The van der Waals surface area contributed by atoms with Crippen molar-refractivity contribution in [2.45, 2.75) is 0 Å². The summed E-state index contributed by atoms with van der Waals surface area (Å²) in [5, 5.41) is 2.57. The van der Waals surface area contributed by atoms with E-state index in [2.05, 4.69) is 5.32 Å². The van der Waals surface area contributed by atoms with Crippen LogP contribution in [0.5, 0.6) is 5.75 Å². The molecule has 0 saturated carbocycles. The third-order valence-electron chi connectivity index (χ3n) is 2.52. The Morgan fingerprint density at radius 1 is 1.00 bits per heavy atom. The number of para-hydroxylation sites is 1. The molecule has 1 amide bonds. The van der Waals surface area contributed by atoms with Gasteiger partial charge in [0.2, 0.25) is 0 Å². The van der Waals surface area contributed by atoms with Gasteiger partial charge in [-0.1, -0.05) is 48.5 Å². The second kappa shape index (κ2) is 6.40. The molecule has 3 heteroatoms. The van der Waals surface area contributed by atoms with Crippen LogP contribution < -0.4 is 10.1 Å². The summed E-state index contributed by atoms with van der Waals surface area (Å²) >= 11 is 0. The van der Waals surface area contributed by atoms with E-state index in [-0.39, 0.29) is 11.7 Å². The number of rotatable bonds is 4. The lowest BCUT2D eigenvalue weighted by Crippen LogP contribution is -2.23. The summed E-state index contributed by atoms with van der Waals surface area (Å²) in [5.41, 5.74) is 0.914. The molecule has 0 heterocycles. The Labute approximate surface area is 112 Å². The Bertz CT molecular complexity index is 562. The number of carbonyl (C=O) groups is 1. The molecule has 0 bridgehead atoms. The molecule has 0 fully saturated rings. The Morgan fingerprint density at radius 2 is 1.58 bits per heavy atom. The van der Waals surface area contributed by atoms with Crippen molar-refractivity contribution in [2.75, 3.05) is 7.05 Å². The minimum absolute atomic E-state index is 0.257. The first-order valence-electron chi connectivity index (χ1n) is 6.01. The van der Waals surface area contributed by atoms with Crippen LogP contribution in [0, 0.1) is 0 Å². The average molecular weight is 253 g/mol. The fraction of sp³-hybridized carbons (Fsp3) is 0.0625. The van der Waals surface area contributed by atoms with E-state index in [9.17, 15) is 4.79 Å². The van der Waals surface area contributed by atoms with Crippen LogP contribution >= 0.6 is 0 Å². The van der Waals surface area contributed by atoms with Crippen molar-refractivity contribution in [1.29, 1.82) is 0 Å². The van der Waals surface area contributed by atoms with Crippen molar-refractivity contribution >= 4 is 12.0 Å². The Kier molecular flexibility index (Phi) is 4.34. The molecule has 0 saturated heterocycles. The SMILES string of the molecule is CNC(=O)/C(=C\c1ccccc1)Oc1ccccc1. The van der Waals surface area contributed by atoms with Gasteiger partial charge in [0.25, 0.3) is 5.91 Å². The van der Waals surface area contributed by atoms with Gasteiger partial charge in [-0.3, -0.25) is 4.79 Å². The maximum absolute atomic E-state index is 11.8. The maximum Gasteiger partial charge on any atom is 0.286 e. The largest absolute Gasteiger partial charge is 0.452 e. The van der Waals surface area contributed by atoms with Crippen molar-refractivity contribution in [1.82, 2.24) is 5.32 Å².